The summed E-state index contributed by atoms with van der Waals surface area (Å²) in [5.41, 5.74) is 1.14. The highest BCUT2D eigenvalue weighted by atomic mass is 16.5. The summed E-state index contributed by atoms with van der Waals surface area (Å²) in [4.78, 5) is 17.9. The van der Waals surface area contributed by atoms with Gasteiger partial charge in [0.15, 0.2) is 0 Å². The zero-order valence-corrected chi connectivity index (χ0v) is 19.3. The van der Waals surface area contributed by atoms with E-state index in [1.165, 1.54) is 13.0 Å². The second-order valence-electron chi connectivity index (χ2n) is 8.70. The van der Waals surface area contributed by atoms with Gasteiger partial charge < -0.3 is 20.3 Å². The standard InChI is InChI=1S/C25H40N4O2/c1-4-13-28-14-11-22(12-15-28)29-19-21(17-23(29)25(30)26-6-3)27-18-20-9-7-8-10-24(20)31-16-5-2/h5,7-10,21-23,27H,2,4,6,11-19H2,1,3H3,(H,26,30)/t21-,23-/m0/s1. The number of hydrogen-bond acceptors (Lipinski definition) is 5. The van der Waals surface area contributed by atoms with Crippen molar-refractivity contribution in [3.8, 4) is 5.75 Å². The number of amides is 1. The van der Waals surface area contributed by atoms with E-state index in [1.807, 2.05) is 25.1 Å². The molecule has 2 N–H and O–H groups in total. The van der Waals surface area contributed by atoms with Crippen molar-refractivity contribution < 1.29 is 9.53 Å². The molecule has 0 radical (unpaired) electrons. The van der Waals surface area contributed by atoms with Gasteiger partial charge in [-0.25, -0.2) is 0 Å². The Labute approximate surface area is 188 Å². The molecule has 0 aliphatic carbocycles. The van der Waals surface area contributed by atoms with E-state index in [0.29, 0.717) is 25.2 Å². The van der Waals surface area contributed by atoms with Gasteiger partial charge in [0, 0.05) is 37.3 Å². The smallest absolute Gasteiger partial charge is 0.237 e. The number of likely N-dealkylation sites (N-methyl/N-ethyl adjacent to an activating group) is 1. The van der Waals surface area contributed by atoms with Crippen LogP contribution in [0.1, 0.15) is 45.1 Å². The molecule has 1 aromatic rings. The molecule has 0 bridgehead atoms. The summed E-state index contributed by atoms with van der Waals surface area (Å²) in [7, 11) is 0. The molecule has 172 valence electrons. The number of hydrogen-bond donors (Lipinski definition) is 2. The Bertz CT molecular complexity index is 703. The van der Waals surface area contributed by atoms with Crippen LogP contribution in [0.3, 0.4) is 0 Å². The molecule has 1 aromatic carbocycles. The van der Waals surface area contributed by atoms with Gasteiger partial charge in [0.25, 0.3) is 0 Å². The molecule has 6 heteroatoms. The predicted molar refractivity (Wildman–Crippen MR) is 126 cm³/mol. The van der Waals surface area contributed by atoms with Crippen LogP contribution in [0.2, 0.25) is 0 Å². The number of nitrogens with zero attached hydrogens (tertiary/aromatic N) is 2. The monoisotopic (exact) mass is 428 g/mol. The van der Waals surface area contributed by atoms with Gasteiger partial charge in [-0.2, -0.15) is 0 Å². The van der Waals surface area contributed by atoms with Crippen molar-refractivity contribution in [3.05, 3.63) is 42.5 Å². The van der Waals surface area contributed by atoms with Crippen molar-refractivity contribution in [1.29, 1.82) is 0 Å². The fourth-order valence-corrected chi connectivity index (χ4v) is 4.95. The largest absolute Gasteiger partial charge is 0.489 e. The molecule has 2 saturated heterocycles. The number of carbonyl (C=O) groups is 1. The Balaban J connectivity index is 1.61. The maximum Gasteiger partial charge on any atom is 0.237 e. The van der Waals surface area contributed by atoms with Crippen molar-refractivity contribution in [2.45, 2.75) is 64.2 Å². The SMILES string of the molecule is C=CCOc1ccccc1CN[C@H]1C[C@@H](C(=O)NCC)N(C2CCN(CCC)CC2)C1. The number of para-hydroxylation sites is 1. The lowest BCUT2D eigenvalue weighted by molar-refractivity contribution is -0.126. The Kier molecular flexibility index (Phi) is 9.37. The number of nitrogens with one attached hydrogen (secondary N) is 2. The molecule has 0 aromatic heterocycles. The second-order valence-corrected chi connectivity index (χ2v) is 8.70. The molecule has 0 saturated carbocycles. The topological polar surface area (TPSA) is 56.8 Å². The van der Waals surface area contributed by atoms with Crippen LogP contribution in [0.4, 0.5) is 0 Å². The highest BCUT2D eigenvalue weighted by Gasteiger charge is 2.40. The van der Waals surface area contributed by atoms with Gasteiger partial charge in [-0.15, -0.1) is 0 Å². The zero-order chi connectivity index (χ0) is 22.1. The maximum absolute atomic E-state index is 12.8. The summed E-state index contributed by atoms with van der Waals surface area (Å²) in [6, 6.07) is 8.90. The van der Waals surface area contributed by atoms with E-state index in [-0.39, 0.29) is 11.9 Å². The summed E-state index contributed by atoms with van der Waals surface area (Å²) < 4.78 is 5.80. The quantitative estimate of drug-likeness (QED) is 0.531. The zero-order valence-electron chi connectivity index (χ0n) is 19.3. The van der Waals surface area contributed by atoms with E-state index >= 15 is 0 Å². The lowest BCUT2D eigenvalue weighted by Crippen LogP contribution is -2.51. The van der Waals surface area contributed by atoms with Gasteiger partial charge in [-0.05, 0) is 58.3 Å². The molecule has 0 spiro atoms. The second kappa shape index (κ2) is 12.2. The number of benzene rings is 1. The Morgan fingerprint density at radius 3 is 2.74 bits per heavy atom. The van der Waals surface area contributed by atoms with Crippen LogP contribution < -0.4 is 15.4 Å². The van der Waals surface area contributed by atoms with Crippen LogP contribution in [-0.4, -0.2) is 73.2 Å². The summed E-state index contributed by atoms with van der Waals surface area (Å²) >= 11 is 0. The van der Waals surface area contributed by atoms with E-state index in [4.69, 9.17) is 4.74 Å². The average molecular weight is 429 g/mol. The fraction of sp³-hybridized carbons (Fsp3) is 0.640. The Morgan fingerprint density at radius 1 is 1.26 bits per heavy atom. The first-order valence-electron chi connectivity index (χ1n) is 12.0. The summed E-state index contributed by atoms with van der Waals surface area (Å²) in [5, 5.41) is 6.77. The van der Waals surface area contributed by atoms with Crippen LogP contribution >= 0.6 is 0 Å². The first-order chi connectivity index (χ1) is 15.2. The third-order valence-corrected chi connectivity index (χ3v) is 6.47. The lowest BCUT2D eigenvalue weighted by Gasteiger charge is -2.38. The predicted octanol–water partition coefficient (Wildman–Crippen LogP) is 2.79. The first kappa shape index (κ1) is 23.8. The van der Waals surface area contributed by atoms with Gasteiger partial charge in [-0.1, -0.05) is 37.8 Å². The lowest BCUT2D eigenvalue weighted by atomic mass is 10.0. The molecule has 2 fully saturated rings. The van der Waals surface area contributed by atoms with Crippen molar-refractivity contribution in [3.63, 3.8) is 0 Å². The van der Waals surface area contributed by atoms with Crippen molar-refractivity contribution in [2.24, 2.45) is 0 Å². The van der Waals surface area contributed by atoms with E-state index < -0.39 is 0 Å². The molecule has 1 amide bonds. The summed E-state index contributed by atoms with van der Waals surface area (Å²) in [6.07, 6.45) is 6.14. The van der Waals surface area contributed by atoms with Crippen molar-refractivity contribution in [2.75, 3.05) is 39.3 Å². The van der Waals surface area contributed by atoms with Crippen LogP contribution in [0.15, 0.2) is 36.9 Å². The molecule has 2 aliphatic heterocycles. The van der Waals surface area contributed by atoms with Gasteiger partial charge in [0.05, 0.1) is 6.04 Å². The van der Waals surface area contributed by atoms with Crippen LogP contribution in [-0.2, 0) is 11.3 Å². The summed E-state index contributed by atoms with van der Waals surface area (Å²) in [6.45, 7) is 14.3. The Hall–Kier alpha value is -1.89. The van der Waals surface area contributed by atoms with E-state index in [0.717, 1.165) is 56.8 Å². The Morgan fingerprint density at radius 2 is 2.03 bits per heavy atom. The van der Waals surface area contributed by atoms with Gasteiger partial charge >= 0.3 is 0 Å². The van der Waals surface area contributed by atoms with Crippen LogP contribution in [0.5, 0.6) is 5.75 Å². The molecule has 31 heavy (non-hydrogen) atoms. The fourth-order valence-electron chi connectivity index (χ4n) is 4.95. The molecule has 2 aliphatic rings. The number of piperidine rings is 1. The normalized spacial score (nSPS) is 23.0. The third-order valence-electron chi connectivity index (χ3n) is 6.47. The molecule has 2 heterocycles. The van der Waals surface area contributed by atoms with Gasteiger partial charge in [0.2, 0.25) is 5.91 Å². The minimum absolute atomic E-state index is 0.0348. The molecular weight excluding hydrogens is 388 g/mol. The molecule has 2 atom stereocenters. The molecular formula is C25H40N4O2. The maximum atomic E-state index is 12.8. The number of likely N-dealkylation sites (tertiary alicyclic amines) is 2. The average Bonchev–Trinajstić information content (AvgIpc) is 3.22. The molecule has 0 unspecified atom stereocenters. The molecule has 3 rings (SSSR count). The highest BCUT2D eigenvalue weighted by Crippen LogP contribution is 2.27. The molecule has 6 nitrogen and oxygen atoms in total. The first-order valence-corrected chi connectivity index (χ1v) is 12.0. The van der Waals surface area contributed by atoms with Crippen LogP contribution in [0.25, 0.3) is 0 Å². The van der Waals surface area contributed by atoms with E-state index in [1.54, 1.807) is 6.08 Å². The van der Waals surface area contributed by atoms with Gasteiger partial charge in [0.1, 0.15) is 12.4 Å². The minimum atomic E-state index is -0.0348. The van der Waals surface area contributed by atoms with Crippen molar-refractivity contribution in [1.82, 2.24) is 20.4 Å². The van der Waals surface area contributed by atoms with E-state index in [2.05, 4.69) is 40.0 Å². The minimum Gasteiger partial charge on any atom is -0.489 e. The third kappa shape index (κ3) is 6.55. The summed E-state index contributed by atoms with van der Waals surface area (Å²) in [5.74, 6) is 1.07. The van der Waals surface area contributed by atoms with E-state index in [9.17, 15) is 4.79 Å². The highest BCUT2D eigenvalue weighted by molar-refractivity contribution is 5.82. The number of rotatable bonds is 11. The number of ether oxygens (including phenoxy) is 1. The van der Waals surface area contributed by atoms with Gasteiger partial charge in [-0.3, -0.25) is 9.69 Å². The van der Waals surface area contributed by atoms with Crippen molar-refractivity contribution >= 4 is 5.91 Å². The number of carbonyl (C=O) groups excluding carboxylic acids is 1. The van der Waals surface area contributed by atoms with Crippen LogP contribution in [0, 0.1) is 0 Å².